The molecule has 0 aliphatic carbocycles. The molecule has 3 rings (SSSR count). The first-order valence-corrected chi connectivity index (χ1v) is 9.45. The number of rotatable bonds is 7. The Kier molecular flexibility index (Phi) is 6.56. The number of aryl methyl sites for hydroxylation is 1. The maximum Gasteiger partial charge on any atom is 0.0594 e. The number of benzene rings is 2. The van der Waals surface area contributed by atoms with Crippen molar-refractivity contribution in [2.24, 2.45) is 0 Å². The highest BCUT2D eigenvalue weighted by Gasteiger charge is 2.10. The highest BCUT2D eigenvalue weighted by atomic mass is 32.2. The molecule has 1 heterocycles. The number of hydrogen-bond donors (Lipinski definition) is 0. The minimum atomic E-state index is 0.893. The Morgan fingerprint density at radius 1 is 0.870 bits per heavy atom. The monoisotopic (exact) mass is 327 g/mol. The van der Waals surface area contributed by atoms with Crippen LogP contribution in [-0.4, -0.2) is 37.7 Å². The third kappa shape index (κ3) is 5.38. The first-order chi connectivity index (χ1) is 11.4. The van der Waals surface area contributed by atoms with Crippen molar-refractivity contribution in [2.75, 3.05) is 32.8 Å². The lowest BCUT2D eigenvalue weighted by Crippen LogP contribution is -2.36. The molecule has 3 heteroatoms. The fourth-order valence-corrected chi connectivity index (χ4v) is 3.89. The van der Waals surface area contributed by atoms with Crippen LogP contribution in [0.15, 0.2) is 59.5 Å². The van der Waals surface area contributed by atoms with Crippen molar-refractivity contribution in [3.8, 4) is 0 Å². The molecule has 0 amide bonds. The minimum Gasteiger partial charge on any atom is -0.379 e. The van der Waals surface area contributed by atoms with Gasteiger partial charge in [-0.1, -0.05) is 42.5 Å². The molecular weight excluding hydrogens is 302 g/mol. The maximum atomic E-state index is 5.41. The van der Waals surface area contributed by atoms with Gasteiger partial charge >= 0.3 is 0 Å². The number of morpholine rings is 1. The average Bonchev–Trinajstić information content (AvgIpc) is 2.63. The lowest BCUT2D eigenvalue weighted by molar-refractivity contribution is 0.0374. The standard InChI is InChI=1S/C20H25NOS/c1-2-10-20(11-3-1)23-17-19-8-5-4-7-18(19)9-6-12-21-13-15-22-16-14-21/h1-5,7-8,10-11H,6,9,12-17H2. The molecule has 0 saturated carbocycles. The molecule has 0 atom stereocenters. The summed E-state index contributed by atoms with van der Waals surface area (Å²) in [6.07, 6.45) is 2.40. The summed E-state index contributed by atoms with van der Waals surface area (Å²) in [5, 5.41) is 0. The topological polar surface area (TPSA) is 12.5 Å². The molecule has 0 aromatic heterocycles. The molecule has 2 nitrogen and oxygen atoms in total. The molecule has 1 fully saturated rings. The predicted molar refractivity (Wildman–Crippen MR) is 98.0 cm³/mol. The van der Waals surface area contributed by atoms with E-state index in [1.165, 1.54) is 35.4 Å². The zero-order valence-corrected chi connectivity index (χ0v) is 14.4. The Bertz CT molecular complexity index is 581. The van der Waals surface area contributed by atoms with Crippen LogP contribution in [0.5, 0.6) is 0 Å². The predicted octanol–water partition coefficient (Wildman–Crippen LogP) is 4.24. The van der Waals surface area contributed by atoms with Gasteiger partial charge in [-0.3, -0.25) is 4.90 Å². The first-order valence-electron chi connectivity index (χ1n) is 8.46. The Labute approximate surface area is 143 Å². The van der Waals surface area contributed by atoms with Gasteiger partial charge in [-0.25, -0.2) is 0 Å². The van der Waals surface area contributed by atoms with E-state index in [1.54, 1.807) is 0 Å². The molecule has 0 N–H and O–H groups in total. The van der Waals surface area contributed by atoms with Crippen molar-refractivity contribution in [1.82, 2.24) is 4.90 Å². The molecule has 122 valence electrons. The molecule has 2 aromatic carbocycles. The smallest absolute Gasteiger partial charge is 0.0594 e. The van der Waals surface area contributed by atoms with E-state index in [2.05, 4.69) is 59.5 Å². The maximum absolute atomic E-state index is 5.41. The Morgan fingerprint density at radius 3 is 2.35 bits per heavy atom. The second-order valence-electron chi connectivity index (χ2n) is 5.93. The average molecular weight is 327 g/mol. The van der Waals surface area contributed by atoms with Gasteiger partial charge in [0.2, 0.25) is 0 Å². The van der Waals surface area contributed by atoms with E-state index in [0.29, 0.717) is 0 Å². The fourth-order valence-electron chi connectivity index (χ4n) is 2.94. The summed E-state index contributed by atoms with van der Waals surface area (Å²) < 4.78 is 5.41. The molecule has 23 heavy (non-hydrogen) atoms. The van der Waals surface area contributed by atoms with Gasteiger partial charge in [-0.2, -0.15) is 0 Å². The first kappa shape index (κ1) is 16.6. The Hall–Kier alpha value is -1.29. The lowest BCUT2D eigenvalue weighted by Gasteiger charge is -2.26. The summed E-state index contributed by atoms with van der Waals surface area (Å²) in [5.74, 6) is 1.05. The van der Waals surface area contributed by atoms with E-state index >= 15 is 0 Å². The number of nitrogens with zero attached hydrogens (tertiary/aromatic N) is 1. The van der Waals surface area contributed by atoms with Crippen LogP contribution in [0.25, 0.3) is 0 Å². The van der Waals surface area contributed by atoms with Crippen LogP contribution in [0.3, 0.4) is 0 Å². The van der Waals surface area contributed by atoms with Crippen molar-refractivity contribution >= 4 is 11.8 Å². The number of ether oxygens (including phenoxy) is 1. The van der Waals surface area contributed by atoms with E-state index < -0.39 is 0 Å². The largest absolute Gasteiger partial charge is 0.379 e. The van der Waals surface area contributed by atoms with Gasteiger partial charge in [0.15, 0.2) is 0 Å². The minimum absolute atomic E-state index is 0.893. The van der Waals surface area contributed by atoms with Gasteiger partial charge < -0.3 is 4.74 Å². The SMILES string of the molecule is c1ccc(SCc2ccccc2CCCN2CCOCC2)cc1. The van der Waals surface area contributed by atoms with Crippen molar-refractivity contribution in [3.05, 3.63) is 65.7 Å². The Morgan fingerprint density at radius 2 is 1.57 bits per heavy atom. The molecule has 0 unspecified atom stereocenters. The van der Waals surface area contributed by atoms with Crippen molar-refractivity contribution in [1.29, 1.82) is 0 Å². The highest BCUT2D eigenvalue weighted by Crippen LogP contribution is 2.24. The summed E-state index contributed by atoms with van der Waals surface area (Å²) >= 11 is 1.92. The molecule has 1 saturated heterocycles. The van der Waals surface area contributed by atoms with E-state index in [-0.39, 0.29) is 0 Å². The molecule has 0 bridgehead atoms. The molecular formula is C20H25NOS. The van der Waals surface area contributed by atoms with Crippen LogP contribution >= 0.6 is 11.8 Å². The van der Waals surface area contributed by atoms with E-state index in [1.807, 2.05) is 11.8 Å². The van der Waals surface area contributed by atoms with Gasteiger partial charge in [0.05, 0.1) is 13.2 Å². The van der Waals surface area contributed by atoms with Gasteiger partial charge in [-0.05, 0) is 42.6 Å². The van der Waals surface area contributed by atoms with Crippen molar-refractivity contribution in [3.63, 3.8) is 0 Å². The quantitative estimate of drug-likeness (QED) is 0.706. The fraction of sp³-hybridized carbons (Fsp3) is 0.400. The van der Waals surface area contributed by atoms with Crippen LogP contribution in [0.2, 0.25) is 0 Å². The van der Waals surface area contributed by atoms with Gasteiger partial charge in [0.1, 0.15) is 0 Å². The van der Waals surface area contributed by atoms with Crippen molar-refractivity contribution < 1.29 is 4.74 Å². The second kappa shape index (κ2) is 9.11. The van der Waals surface area contributed by atoms with E-state index in [9.17, 15) is 0 Å². The third-order valence-electron chi connectivity index (χ3n) is 4.28. The zero-order chi connectivity index (χ0) is 15.7. The van der Waals surface area contributed by atoms with E-state index in [4.69, 9.17) is 4.74 Å². The molecule has 1 aliphatic heterocycles. The Balaban J connectivity index is 1.50. The van der Waals surface area contributed by atoms with Crippen LogP contribution in [0.1, 0.15) is 17.5 Å². The zero-order valence-electron chi connectivity index (χ0n) is 13.6. The van der Waals surface area contributed by atoms with Gasteiger partial charge in [0, 0.05) is 23.7 Å². The second-order valence-corrected chi connectivity index (χ2v) is 6.98. The number of thioether (sulfide) groups is 1. The van der Waals surface area contributed by atoms with Crippen molar-refractivity contribution in [2.45, 2.75) is 23.5 Å². The highest BCUT2D eigenvalue weighted by molar-refractivity contribution is 7.98. The molecule has 1 aliphatic rings. The number of hydrogen-bond acceptors (Lipinski definition) is 3. The third-order valence-corrected chi connectivity index (χ3v) is 5.34. The van der Waals surface area contributed by atoms with Crippen LogP contribution in [-0.2, 0) is 16.9 Å². The van der Waals surface area contributed by atoms with E-state index in [0.717, 1.165) is 32.1 Å². The van der Waals surface area contributed by atoms with Gasteiger partial charge in [0.25, 0.3) is 0 Å². The summed E-state index contributed by atoms with van der Waals surface area (Å²) in [6, 6.07) is 19.6. The molecule has 0 radical (unpaired) electrons. The summed E-state index contributed by atoms with van der Waals surface area (Å²) in [4.78, 5) is 3.86. The van der Waals surface area contributed by atoms with Gasteiger partial charge in [-0.15, -0.1) is 11.8 Å². The summed E-state index contributed by atoms with van der Waals surface area (Å²) in [7, 11) is 0. The van der Waals surface area contributed by atoms with Crippen LogP contribution in [0.4, 0.5) is 0 Å². The summed E-state index contributed by atoms with van der Waals surface area (Å²) in [5.41, 5.74) is 2.98. The van der Waals surface area contributed by atoms with Crippen LogP contribution < -0.4 is 0 Å². The normalized spacial score (nSPS) is 15.7. The molecule has 2 aromatic rings. The molecule has 0 spiro atoms. The lowest BCUT2D eigenvalue weighted by atomic mass is 10.0. The van der Waals surface area contributed by atoms with Crippen LogP contribution in [0, 0.1) is 0 Å². The summed E-state index contributed by atoms with van der Waals surface area (Å²) in [6.45, 7) is 5.15.